The summed E-state index contributed by atoms with van der Waals surface area (Å²) in [7, 11) is 0. The summed E-state index contributed by atoms with van der Waals surface area (Å²) in [4.78, 5) is 13.1. The first-order chi connectivity index (χ1) is 7.74. The van der Waals surface area contributed by atoms with Crippen molar-refractivity contribution in [1.82, 2.24) is 15.0 Å². The van der Waals surface area contributed by atoms with Crippen molar-refractivity contribution in [1.29, 1.82) is 0 Å². The Bertz CT molecular complexity index is 519. The van der Waals surface area contributed by atoms with Crippen molar-refractivity contribution in [3.63, 3.8) is 0 Å². The van der Waals surface area contributed by atoms with Crippen LogP contribution < -0.4 is 0 Å². The second-order valence-corrected chi connectivity index (χ2v) is 3.31. The lowest BCUT2D eigenvalue weighted by atomic mass is 10.2. The molecule has 0 saturated carbocycles. The molecule has 84 valence electrons. The number of nitrogens with zero attached hydrogens (tertiary/aromatic N) is 3. The van der Waals surface area contributed by atoms with Gasteiger partial charge >= 0.3 is 5.97 Å². The number of aryl methyl sites for hydroxylation is 1. The van der Waals surface area contributed by atoms with E-state index in [1.54, 1.807) is 29.9 Å². The van der Waals surface area contributed by atoms with Gasteiger partial charge in [-0.15, -0.1) is 0 Å². The van der Waals surface area contributed by atoms with Gasteiger partial charge in [0, 0.05) is 0 Å². The van der Waals surface area contributed by atoms with Gasteiger partial charge in [0.25, 0.3) is 0 Å². The largest absolute Gasteiger partial charge is 0.462 e. The van der Waals surface area contributed by atoms with Crippen molar-refractivity contribution >= 4 is 17.0 Å². The molecule has 0 aliphatic rings. The normalized spacial score (nSPS) is 10.6. The summed E-state index contributed by atoms with van der Waals surface area (Å²) in [6.07, 6.45) is 0. The molecule has 2 aromatic rings. The number of hydrogen-bond donors (Lipinski definition) is 0. The van der Waals surface area contributed by atoms with Gasteiger partial charge in [0.15, 0.2) is 0 Å². The molecule has 0 spiro atoms. The highest BCUT2D eigenvalue weighted by Gasteiger charge is 2.09. The van der Waals surface area contributed by atoms with E-state index in [4.69, 9.17) is 4.74 Å². The molecule has 1 heterocycles. The van der Waals surface area contributed by atoms with Gasteiger partial charge in [0.2, 0.25) is 0 Å². The number of fused-ring (bicyclic) bond motifs is 1. The Morgan fingerprint density at radius 3 is 2.75 bits per heavy atom. The molecule has 1 aromatic heterocycles. The number of carbonyl (C=O) groups is 1. The van der Waals surface area contributed by atoms with Crippen LogP contribution in [0, 0.1) is 0 Å². The number of esters is 1. The first-order valence-electron chi connectivity index (χ1n) is 5.26. The number of hydrogen-bond acceptors (Lipinski definition) is 4. The molecule has 0 amide bonds. The molecule has 16 heavy (non-hydrogen) atoms. The SMILES string of the molecule is CCOC(=O)c1ccc2nn(CC)nc2c1. The minimum absolute atomic E-state index is 0.324. The zero-order valence-electron chi connectivity index (χ0n) is 9.30. The van der Waals surface area contributed by atoms with E-state index in [-0.39, 0.29) is 5.97 Å². The summed E-state index contributed by atoms with van der Waals surface area (Å²) >= 11 is 0. The standard InChI is InChI=1S/C11H13N3O2/c1-3-14-12-9-6-5-8(7-10(9)13-14)11(15)16-4-2/h5-7H,3-4H2,1-2H3. The van der Waals surface area contributed by atoms with E-state index in [1.165, 1.54) is 0 Å². The van der Waals surface area contributed by atoms with Crippen LogP contribution in [0.15, 0.2) is 18.2 Å². The van der Waals surface area contributed by atoms with Crippen LogP contribution in [-0.2, 0) is 11.3 Å². The highest BCUT2D eigenvalue weighted by molar-refractivity contribution is 5.93. The molecule has 0 bridgehead atoms. The van der Waals surface area contributed by atoms with Crippen LogP contribution in [0.4, 0.5) is 0 Å². The Hall–Kier alpha value is -1.91. The smallest absolute Gasteiger partial charge is 0.338 e. The van der Waals surface area contributed by atoms with E-state index in [1.807, 2.05) is 6.92 Å². The molecule has 5 heteroatoms. The van der Waals surface area contributed by atoms with Gasteiger partial charge in [0.1, 0.15) is 11.0 Å². The van der Waals surface area contributed by atoms with Crippen molar-refractivity contribution in [2.45, 2.75) is 20.4 Å². The summed E-state index contributed by atoms with van der Waals surface area (Å²) in [5, 5.41) is 8.46. The maximum absolute atomic E-state index is 11.5. The summed E-state index contributed by atoms with van der Waals surface area (Å²) in [6.45, 7) is 4.83. The molecule has 2 rings (SSSR count). The third-order valence-electron chi connectivity index (χ3n) is 2.22. The van der Waals surface area contributed by atoms with E-state index in [2.05, 4.69) is 10.2 Å². The Morgan fingerprint density at radius 2 is 2.06 bits per heavy atom. The Kier molecular flexibility index (Phi) is 2.85. The Labute approximate surface area is 93.0 Å². The minimum atomic E-state index is -0.324. The fourth-order valence-electron chi connectivity index (χ4n) is 1.44. The zero-order valence-corrected chi connectivity index (χ0v) is 9.30. The molecule has 5 nitrogen and oxygen atoms in total. The van der Waals surface area contributed by atoms with Crippen LogP contribution in [0.25, 0.3) is 11.0 Å². The first kappa shape index (κ1) is 10.6. The van der Waals surface area contributed by atoms with E-state index >= 15 is 0 Å². The summed E-state index contributed by atoms with van der Waals surface area (Å²) in [6, 6.07) is 5.18. The van der Waals surface area contributed by atoms with Gasteiger partial charge in [-0.05, 0) is 32.0 Å². The second-order valence-electron chi connectivity index (χ2n) is 3.31. The molecule has 0 saturated heterocycles. The summed E-state index contributed by atoms with van der Waals surface area (Å²) in [5.74, 6) is -0.324. The average molecular weight is 219 g/mol. The van der Waals surface area contributed by atoms with E-state index in [0.29, 0.717) is 24.2 Å². The van der Waals surface area contributed by atoms with Gasteiger partial charge in [0.05, 0.1) is 18.7 Å². The van der Waals surface area contributed by atoms with Crippen molar-refractivity contribution in [2.75, 3.05) is 6.61 Å². The van der Waals surface area contributed by atoms with Crippen LogP contribution in [0.2, 0.25) is 0 Å². The van der Waals surface area contributed by atoms with Crippen LogP contribution in [0.3, 0.4) is 0 Å². The fraction of sp³-hybridized carbons (Fsp3) is 0.364. The Balaban J connectivity index is 2.39. The lowest BCUT2D eigenvalue weighted by Gasteiger charge is -1.99. The van der Waals surface area contributed by atoms with Gasteiger partial charge in [-0.3, -0.25) is 0 Å². The molecule has 0 atom stereocenters. The monoisotopic (exact) mass is 219 g/mol. The van der Waals surface area contributed by atoms with Crippen molar-refractivity contribution in [2.24, 2.45) is 0 Å². The zero-order chi connectivity index (χ0) is 11.5. The second kappa shape index (κ2) is 4.30. The molecular weight excluding hydrogens is 206 g/mol. The number of carbonyl (C=O) groups excluding carboxylic acids is 1. The van der Waals surface area contributed by atoms with Crippen LogP contribution in [0.5, 0.6) is 0 Å². The van der Waals surface area contributed by atoms with Crippen LogP contribution >= 0.6 is 0 Å². The lowest BCUT2D eigenvalue weighted by Crippen LogP contribution is -2.04. The average Bonchev–Trinajstić information content (AvgIpc) is 2.70. The quantitative estimate of drug-likeness (QED) is 0.736. The molecule has 0 radical (unpaired) electrons. The molecule has 0 unspecified atom stereocenters. The Morgan fingerprint density at radius 1 is 1.31 bits per heavy atom. The first-order valence-corrected chi connectivity index (χ1v) is 5.26. The van der Waals surface area contributed by atoms with Crippen LogP contribution in [0.1, 0.15) is 24.2 Å². The van der Waals surface area contributed by atoms with E-state index in [0.717, 1.165) is 5.52 Å². The molecule has 0 fully saturated rings. The maximum atomic E-state index is 11.5. The molecule has 0 aliphatic carbocycles. The molecule has 1 aromatic carbocycles. The number of benzene rings is 1. The number of rotatable bonds is 3. The van der Waals surface area contributed by atoms with E-state index in [9.17, 15) is 4.79 Å². The highest BCUT2D eigenvalue weighted by Crippen LogP contribution is 2.12. The third kappa shape index (κ3) is 1.88. The number of aromatic nitrogens is 3. The third-order valence-corrected chi connectivity index (χ3v) is 2.22. The molecular formula is C11H13N3O2. The predicted octanol–water partition coefficient (Wildman–Crippen LogP) is 1.63. The van der Waals surface area contributed by atoms with Crippen molar-refractivity contribution in [3.05, 3.63) is 23.8 Å². The summed E-state index contributed by atoms with van der Waals surface area (Å²) < 4.78 is 4.92. The predicted molar refractivity (Wildman–Crippen MR) is 59.2 cm³/mol. The van der Waals surface area contributed by atoms with Crippen molar-refractivity contribution < 1.29 is 9.53 Å². The molecule has 0 N–H and O–H groups in total. The topological polar surface area (TPSA) is 57.0 Å². The van der Waals surface area contributed by atoms with Gasteiger partial charge < -0.3 is 4.74 Å². The maximum Gasteiger partial charge on any atom is 0.338 e. The summed E-state index contributed by atoms with van der Waals surface area (Å²) in [5.41, 5.74) is 2.01. The van der Waals surface area contributed by atoms with Gasteiger partial charge in [-0.2, -0.15) is 15.0 Å². The van der Waals surface area contributed by atoms with Crippen LogP contribution in [-0.4, -0.2) is 27.6 Å². The number of ether oxygens (including phenoxy) is 1. The van der Waals surface area contributed by atoms with E-state index < -0.39 is 0 Å². The van der Waals surface area contributed by atoms with Gasteiger partial charge in [-0.1, -0.05) is 0 Å². The fourth-order valence-corrected chi connectivity index (χ4v) is 1.44. The highest BCUT2D eigenvalue weighted by atomic mass is 16.5. The lowest BCUT2D eigenvalue weighted by molar-refractivity contribution is 0.0526. The minimum Gasteiger partial charge on any atom is -0.462 e. The van der Waals surface area contributed by atoms with Crippen molar-refractivity contribution in [3.8, 4) is 0 Å². The van der Waals surface area contributed by atoms with Gasteiger partial charge in [-0.25, -0.2) is 4.79 Å². The molecule has 0 aliphatic heterocycles.